The average molecular weight is 390 g/mol. The topological polar surface area (TPSA) is 85.5 Å². The Bertz CT molecular complexity index is 851. The first-order valence-electron chi connectivity index (χ1n) is 7.69. The minimum absolute atomic E-state index is 0.0434. The molecule has 0 amide bonds. The van der Waals surface area contributed by atoms with Crippen molar-refractivity contribution in [3.8, 4) is 0 Å². The van der Waals surface area contributed by atoms with Crippen LogP contribution in [-0.2, 0) is 14.8 Å². The van der Waals surface area contributed by atoms with Crippen LogP contribution in [0.3, 0.4) is 0 Å². The second-order valence-corrected chi connectivity index (χ2v) is 8.19. The van der Waals surface area contributed by atoms with E-state index in [0.29, 0.717) is 5.89 Å². The van der Waals surface area contributed by atoms with Crippen LogP contribution in [0.5, 0.6) is 0 Å². The molecule has 0 radical (unpaired) electrons. The lowest BCUT2D eigenvalue weighted by atomic mass is 10.2. The summed E-state index contributed by atoms with van der Waals surface area (Å²) in [5.74, 6) is -0.212. The molecule has 0 spiro atoms. The molecule has 0 N–H and O–H groups in total. The first-order valence-corrected chi connectivity index (χ1v) is 9.51. The Morgan fingerprint density at radius 2 is 2.12 bits per heavy atom. The van der Waals surface area contributed by atoms with Gasteiger partial charge < -0.3 is 9.15 Å². The maximum Gasteiger partial charge on any atom is 0.247 e. The highest BCUT2D eigenvalue weighted by molar-refractivity contribution is 7.89. The van der Waals surface area contributed by atoms with Crippen LogP contribution in [0, 0.1) is 5.82 Å². The summed E-state index contributed by atoms with van der Waals surface area (Å²) in [4.78, 5) is -0.536. The number of rotatable bonds is 4. The number of ether oxygens (including phenoxy) is 1. The molecule has 2 aromatic rings. The quantitative estimate of drug-likeness (QED) is 0.799. The van der Waals surface area contributed by atoms with E-state index in [-0.39, 0.29) is 36.5 Å². The van der Waals surface area contributed by atoms with Crippen LogP contribution in [0.2, 0.25) is 5.02 Å². The van der Waals surface area contributed by atoms with Gasteiger partial charge in [0.1, 0.15) is 16.8 Å². The zero-order valence-corrected chi connectivity index (χ0v) is 15.2. The Balaban J connectivity index is 1.87. The van der Waals surface area contributed by atoms with E-state index in [1.165, 1.54) is 12.1 Å². The Kier molecular flexibility index (Phi) is 5.10. The van der Waals surface area contributed by atoms with Crippen LogP contribution in [0.15, 0.2) is 27.5 Å². The van der Waals surface area contributed by atoms with E-state index in [4.69, 9.17) is 20.8 Å². The third kappa shape index (κ3) is 3.55. The summed E-state index contributed by atoms with van der Waals surface area (Å²) in [5.41, 5.74) is 0. The van der Waals surface area contributed by atoms with Gasteiger partial charge in [-0.2, -0.15) is 4.31 Å². The van der Waals surface area contributed by atoms with Crippen LogP contribution < -0.4 is 0 Å². The molecule has 10 heteroatoms. The second kappa shape index (κ2) is 6.99. The Labute approximate surface area is 149 Å². The molecule has 7 nitrogen and oxygen atoms in total. The van der Waals surface area contributed by atoms with Crippen LogP contribution in [0.1, 0.15) is 37.7 Å². The number of aromatic nitrogens is 2. The van der Waals surface area contributed by atoms with Crippen molar-refractivity contribution in [2.75, 3.05) is 19.7 Å². The van der Waals surface area contributed by atoms with Crippen molar-refractivity contribution in [2.45, 2.75) is 30.8 Å². The van der Waals surface area contributed by atoms with E-state index in [1.807, 2.05) is 13.8 Å². The fourth-order valence-electron chi connectivity index (χ4n) is 2.46. The Morgan fingerprint density at radius 1 is 1.36 bits per heavy atom. The van der Waals surface area contributed by atoms with Crippen molar-refractivity contribution in [3.05, 3.63) is 40.8 Å². The SMILES string of the molecule is CC(C)c1nnc([C@@H]2CN(S(=O)(=O)c3c(F)cccc3Cl)CCO2)o1. The van der Waals surface area contributed by atoms with Gasteiger partial charge in [-0.15, -0.1) is 10.2 Å². The van der Waals surface area contributed by atoms with Gasteiger partial charge in [0.05, 0.1) is 11.6 Å². The standard InChI is InChI=1S/C15H17ClFN3O4S/c1-9(2)14-18-19-15(24-14)12-8-20(6-7-23-12)25(21,22)13-10(16)4-3-5-11(13)17/h3-5,9,12H,6-8H2,1-2H3/t12-/m0/s1. The van der Waals surface area contributed by atoms with E-state index in [0.717, 1.165) is 10.4 Å². The summed E-state index contributed by atoms with van der Waals surface area (Å²) >= 11 is 5.91. The molecule has 1 saturated heterocycles. The van der Waals surface area contributed by atoms with Gasteiger partial charge in [0, 0.05) is 19.0 Å². The molecule has 2 heterocycles. The van der Waals surface area contributed by atoms with Gasteiger partial charge >= 0.3 is 0 Å². The molecule has 1 aromatic heterocycles. The monoisotopic (exact) mass is 389 g/mol. The van der Waals surface area contributed by atoms with Crippen LogP contribution in [-0.4, -0.2) is 42.6 Å². The highest BCUT2D eigenvalue weighted by Gasteiger charge is 2.36. The van der Waals surface area contributed by atoms with Crippen LogP contribution >= 0.6 is 11.6 Å². The largest absolute Gasteiger partial charge is 0.422 e. The number of nitrogens with zero attached hydrogens (tertiary/aromatic N) is 3. The molecule has 0 unspecified atom stereocenters. The molecule has 1 atom stereocenters. The molecule has 136 valence electrons. The maximum absolute atomic E-state index is 14.1. The van der Waals surface area contributed by atoms with Crippen molar-refractivity contribution in [2.24, 2.45) is 0 Å². The summed E-state index contributed by atoms with van der Waals surface area (Å²) in [6, 6.07) is 3.75. The van der Waals surface area contributed by atoms with Crippen LogP contribution in [0.4, 0.5) is 4.39 Å². The molecule has 25 heavy (non-hydrogen) atoms. The molecule has 1 aliphatic heterocycles. The maximum atomic E-state index is 14.1. The van der Waals surface area contributed by atoms with Gasteiger partial charge in [-0.25, -0.2) is 12.8 Å². The average Bonchev–Trinajstić information content (AvgIpc) is 3.05. The van der Waals surface area contributed by atoms with Gasteiger partial charge in [-0.3, -0.25) is 0 Å². The van der Waals surface area contributed by atoms with E-state index in [1.54, 1.807) is 0 Å². The van der Waals surface area contributed by atoms with Crippen molar-refractivity contribution in [3.63, 3.8) is 0 Å². The van der Waals surface area contributed by atoms with Crippen molar-refractivity contribution >= 4 is 21.6 Å². The van der Waals surface area contributed by atoms with Gasteiger partial charge in [-0.05, 0) is 12.1 Å². The second-order valence-electron chi connectivity index (χ2n) is 5.91. The number of halogens is 2. The molecule has 1 aliphatic rings. The summed E-state index contributed by atoms with van der Waals surface area (Å²) < 4.78 is 51.8. The normalized spacial score (nSPS) is 19.5. The van der Waals surface area contributed by atoms with Crippen molar-refractivity contribution < 1.29 is 22.0 Å². The predicted molar refractivity (Wildman–Crippen MR) is 87.2 cm³/mol. The van der Waals surface area contributed by atoms with E-state index in [9.17, 15) is 12.8 Å². The van der Waals surface area contributed by atoms with Gasteiger partial charge in [0.2, 0.25) is 21.8 Å². The summed E-state index contributed by atoms with van der Waals surface area (Å²) in [5, 5.41) is 7.68. The number of hydrogen-bond donors (Lipinski definition) is 0. The van der Waals surface area contributed by atoms with E-state index < -0.39 is 26.8 Å². The predicted octanol–water partition coefficient (Wildman–Crippen LogP) is 2.75. The van der Waals surface area contributed by atoms with Gasteiger partial charge in [-0.1, -0.05) is 31.5 Å². The van der Waals surface area contributed by atoms with E-state index in [2.05, 4.69) is 10.2 Å². The number of morpholine rings is 1. The molecule has 1 aromatic carbocycles. The lowest BCUT2D eigenvalue weighted by Crippen LogP contribution is -2.42. The highest BCUT2D eigenvalue weighted by Crippen LogP contribution is 2.31. The van der Waals surface area contributed by atoms with Crippen molar-refractivity contribution in [1.29, 1.82) is 0 Å². The molecule has 1 fully saturated rings. The minimum atomic E-state index is -4.12. The first-order chi connectivity index (χ1) is 11.8. The number of hydrogen-bond acceptors (Lipinski definition) is 6. The van der Waals surface area contributed by atoms with Crippen molar-refractivity contribution in [1.82, 2.24) is 14.5 Å². The van der Waals surface area contributed by atoms with E-state index >= 15 is 0 Å². The molecular formula is C15H17ClFN3O4S. The van der Waals surface area contributed by atoms with Gasteiger partial charge in [0.15, 0.2) is 0 Å². The molecule has 0 saturated carbocycles. The van der Waals surface area contributed by atoms with Gasteiger partial charge in [0.25, 0.3) is 0 Å². The Hall–Kier alpha value is -1.55. The summed E-state index contributed by atoms with van der Waals surface area (Å²) in [6.07, 6.45) is -0.714. The third-order valence-corrected chi connectivity index (χ3v) is 6.14. The lowest BCUT2D eigenvalue weighted by molar-refractivity contribution is -0.0179. The zero-order chi connectivity index (χ0) is 18.2. The first kappa shape index (κ1) is 18.2. The lowest BCUT2D eigenvalue weighted by Gasteiger charge is -2.30. The number of sulfonamides is 1. The summed E-state index contributed by atoms with van der Waals surface area (Å²) in [7, 11) is -4.12. The zero-order valence-electron chi connectivity index (χ0n) is 13.6. The van der Waals surface area contributed by atoms with Crippen LogP contribution in [0.25, 0.3) is 0 Å². The molecule has 3 rings (SSSR count). The third-order valence-electron chi connectivity index (χ3n) is 3.77. The molecule has 0 aliphatic carbocycles. The molecular weight excluding hydrogens is 373 g/mol. The Morgan fingerprint density at radius 3 is 2.76 bits per heavy atom. The molecule has 0 bridgehead atoms. The summed E-state index contributed by atoms with van der Waals surface area (Å²) in [6.45, 7) is 3.93. The minimum Gasteiger partial charge on any atom is -0.422 e. The fourth-order valence-corrected chi connectivity index (χ4v) is 4.45. The highest BCUT2D eigenvalue weighted by atomic mass is 35.5. The smallest absolute Gasteiger partial charge is 0.247 e. The fraction of sp³-hybridized carbons (Fsp3) is 0.467. The number of benzene rings is 1.